The van der Waals surface area contributed by atoms with Gasteiger partial charge in [-0.05, 0) is 53.6 Å². The van der Waals surface area contributed by atoms with E-state index in [2.05, 4.69) is 22.9 Å². The van der Waals surface area contributed by atoms with Gasteiger partial charge in [0.05, 0.1) is 14.2 Å². The standard InChI is InChI=1S/C20H29BrN2O5S/c1-14-4-8-22(9-5-14)20(24)15-6-10-23(11-7-15)29(25,26)19-13-18(28-3)17(27-2)12-16(19)21/h12-15H,4-11H2,1-3H3. The minimum absolute atomic E-state index is 0.0938. The van der Waals surface area contributed by atoms with E-state index in [1.807, 2.05) is 4.90 Å². The monoisotopic (exact) mass is 488 g/mol. The number of carbonyl (C=O) groups excluding carboxylic acids is 1. The van der Waals surface area contributed by atoms with Gasteiger partial charge in [0.25, 0.3) is 0 Å². The molecule has 2 aliphatic heterocycles. The fraction of sp³-hybridized carbons (Fsp3) is 0.650. The number of likely N-dealkylation sites (tertiary alicyclic amines) is 1. The Morgan fingerprint density at radius 3 is 2.10 bits per heavy atom. The van der Waals surface area contributed by atoms with Gasteiger partial charge in [0, 0.05) is 42.6 Å². The third-order valence-electron chi connectivity index (χ3n) is 5.95. The van der Waals surface area contributed by atoms with Gasteiger partial charge in [-0.15, -0.1) is 0 Å². The van der Waals surface area contributed by atoms with Crippen LogP contribution in [0.2, 0.25) is 0 Å². The largest absolute Gasteiger partial charge is 0.493 e. The average molecular weight is 489 g/mol. The molecule has 1 aromatic carbocycles. The van der Waals surface area contributed by atoms with Gasteiger partial charge in [-0.3, -0.25) is 4.79 Å². The Morgan fingerprint density at radius 2 is 1.55 bits per heavy atom. The average Bonchev–Trinajstić information content (AvgIpc) is 2.73. The number of ether oxygens (including phenoxy) is 2. The maximum Gasteiger partial charge on any atom is 0.244 e. The van der Waals surface area contributed by atoms with Crippen LogP contribution in [0.3, 0.4) is 0 Å². The molecule has 9 heteroatoms. The molecular formula is C20H29BrN2O5S. The minimum atomic E-state index is -3.71. The Bertz CT molecular complexity index is 845. The van der Waals surface area contributed by atoms with Crippen molar-refractivity contribution in [3.8, 4) is 11.5 Å². The molecular weight excluding hydrogens is 460 g/mol. The van der Waals surface area contributed by atoms with Gasteiger partial charge < -0.3 is 14.4 Å². The first kappa shape index (κ1) is 22.4. The second-order valence-electron chi connectivity index (χ2n) is 7.82. The highest BCUT2D eigenvalue weighted by atomic mass is 79.9. The summed E-state index contributed by atoms with van der Waals surface area (Å²) < 4.78 is 38.8. The zero-order valence-corrected chi connectivity index (χ0v) is 19.6. The summed E-state index contributed by atoms with van der Waals surface area (Å²) in [5.74, 6) is 1.58. The molecule has 7 nitrogen and oxygen atoms in total. The van der Waals surface area contributed by atoms with Gasteiger partial charge in [0.2, 0.25) is 15.9 Å². The van der Waals surface area contributed by atoms with Crippen LogP contribution in [0.15, 0.2) is 21.5 Å². The van der Waals surface area contributed by atoms with E-state index in [4.69, 9.17) is 9.47 Å². The van der Waals surface area contributed by atoms with Crippen LogP contribution in [0.25, 0.3) is 0 Å². The van der Waals surface area contributed by atoms with Crippen LogP contribution in [0.5, 0.6) is 11.5 Å². The van der Waals surface area contributed by atoms with E-state index in [1.165, 1.54) is 24.6 Å². The molecule has 2 aliphatic rings. The SMILES string of the molecule is COc1cc(Br)c(S(=O)(=O)N2CCC(C(=O)N3CCC(C)CC3)CC2)cc1OC. The Balaban J connectivity index is 1.69. The Labute approximate surface area is 181 Å². The molecule has 0 spiro atoms. The van der Waals surface area contributed by atoms with Gasteiger partial charge in [-0.1, -0.05) is 6.92 Å². The van der Waals surface area contributed by atoms with Crippen LogP contribution in [0.1, 0.15) is 32.6 Å². The molecule has 2 heterocycles. The first-order chi connectivity index (χ1) is 13.8. The number of halogens is 1. The molecule has 3 rings (SSSR count). The lowest BCUT2D eigenvalue weighted by atomic mass is 9.93. The van der Waals surface area contributed by atoms with Gasteiger partial charge in [-0.2, -0.15) is 4.31 Å². The van der Waals surface area contributed by atoms with Crippen molar-refractivity contribution >= 4 is 31.9 Å². The van der Waals surface area contributed by atoms with Crippen LogP contribution < -0.4 is 9.47 Å². The fourth-order valence-corrected chi connectivity index (χ4v) is 6.47. The van der Waals surface area contributed by atoms with Crippen molar-refractivity contribution in [2.24, 2.45) is 11.8 Å². The molecule has 0 aliphatic carbocycles. The van der Waals surface area contributed by atoms with E-state index in [0.29, 0.717) is 47.8 Å². The first-order valence-electron chi connectivity index (χ1n) is 9.98. The molecule has 0 atom stereocenters. The maximum absolute atomic E-state index is 13.2. The Hall–Kier alpha value is -1.32. The smallest absolute Gasteiger partial charge is 0.244 e. The summed E-state index contributed by atoms with van der Waals surface area (Å²) in [7, 11) is -0.730. The van der Waals surface area contributed by atoms with Crippen LogP contribution in [0, 0.1) is 11.8 Å². The zero-order valence-electron chi connectivity index (χ0n) is 17.2. The molecule has 1 amide bonds. The van der Waals surface area contributed by atoms with Gasteiger partial charge >= 0.3 is 0 Å². The van der Waals surface area contributed by atoms with E-state index in [0.717, 1.165) is 25.9 Å². The third kappa shape index (κ3) is 4.72. The third-order valence-corrected chi connectivity index (χ3v) is 8.81. The first-order valence-corrected chi connectivity index (χ1v) is 12.2. The van der Waals surface area contributed by atoms with Crippen LogP contribution in [0.4, 0.5) is 0 Å². The van der Waals surface area contributed by atoms with E-state index in [9.17, 15) is 13.2 Å². The van der Waals surface area contributed by atoms with Crippen molar-refractivity contribution in [1.82, 2.24) is 9.21 Å². The molecule has 2 fully saturated rings. The molecule has 29 heavy (non-hydrogen) atoms. The number of methoxy groups -OCH3 is 2. The number of rotatable bonds is 5. The van der Waals surface area contributed by atoms with E-state index in [1.54, 1.807) is 6.07 Å². The number of nitrogens with zero attached hydrogens (tertiary/aromatic N) is 2. The summed E-state index contributed by atoms with van der Waals surface area (Å²) in [5, 5.41) is 0. The van der Waals surface area contributed by atoms with Crippen molar-refractivity contribution in [2.75, 3.05) is 40.4 Å². The number of benzene rings is 1. The molecule has 0 N–H and O–H groups in total. The number of sulfonamides is 1. The summed E-state index contributed by atoms with van der Waals surface area (Å²) in [6.45, 7) is 4.53. The number of piperidine rings is 2. The van der Waals surface area contributed by atoms with Gasteiger partial charge in [-0.25, -0.2) is 8.42 Å². The highest BCUT2D eigenvalue weighted by molar-refractivity contribution is 9.10. The highest BCUT2D eigenvalue weighted by Gasteiger charge is 2.35. The maximum atomic E-state index is 13.2. The molecule has 162 valence electrons. The Kier molecular flexibility index (Phi) is 7.11. The molecule has 0 unspecified atom stereocenters. The second-order valence-corrected chi connectivity index (χ2v) is 10.6. The highest BCUT2D eigenvalue weighted by Crippen LogP contribution is 2.37. The number of hydrogen-bond donors (Lipinski definition) is 0. The van der Waals surface area contributed by atoms with Crippen molar-refractivity contribution in [3.63, 3.8) is 0 Å². The lowest BCUT2D eigenvalue weighted by Crippen LogP contribution is -2.46. The van der Waals surface area contributed by atoms with Crippen molar-refractivity contribution < 1.29 is 22.7 Å². The van der Waals surface area contributed by atoms with Crippen molar-refractivity contribution in [1.29, 1.82) is 0 Å². The predicted molar refractivity (Wildman–Crippen MR) is 114 cm³/mol. The molecule has 0 bridgehead atoms. The van der Waals surface area contributed by atoms with Gasteiger partial charge in [0.1, 0.15) is 4.90 Å². The fourth-order valence-electron chi connectivity index (χ4n) is 4.00. The normalized spacial score (nSPS) is 19.9. The molecule has 2 saturated heterocycles. The molecule has 0 saturated carbocycles. The lowest BCUT2D eigenvalue weighted by Gasteiger charge is -2.36. The minimum Gasteiger partial charge on any atom is -0.493 e. The zero-order chi connectivity index (χ0) is 21.2. The van der Waals surface area contributed by atoms with Crippen molar-refractivity contribution in [3.05, 3.63) is 16.6 Å². The summed E-state index contributed by atoms with van der Waals surface area (Å²) in [4.78, 5) is 14.9. The summed E-state index contributed by atoms with van der Waals surface area (Å²) >= 11 is 3.34. The molecule has 1 aromatic rings. The predicted octanol–water partition coefficient (Wildman–Crippen LogP) is 3.13. The summed E-state index contributed by atoms with van der Waals surface area (Å²) in [6, 6.07) is 3.07. The van der Waals surface area contributed by atoms with E-state index >= 15 is 0 Å². The topological polar surface area (TPSA) is 76.2 Å². The van der Waals surface area contributed by atoms with Crippen LogP contribution >= 0.6 is 15.9 Å². The van der Waals surface area contributed by atoms with Gasteiger partial charge in [0.15, 0.2) is 11.5 Å². The van der Waals surface area contributed by atoms with Crippen molar-refractivity contribution in [2.45, 2.75) is 37.5 Å². The molecule has 0 radical (unpaired) electrons. The van der Waals surface area contributed by atoms with Crippen LogP contribution in [-0.2, 0) is 14.8 Å². The van der Waals surface area contributed by atoms with E-state index in [-0.39, 0.29) is 16.7 Å². The molecule has 0 aromatic heterocycles. The second kappa shape index (κ2) is 9.22. The quantitative estimate of drug-likeness (QED) is 0.636. The number of carbonyl (C=O) groups is 1. The number of amides is 1. The van der Waals surface area contributed by atoms with E-state index < -0.39 is 10.0 Å². The van der Waals surface area contributed by atoms with Crippen LogP contribution in [-0.4, -0.2) is 63.9 Å². The summed E-state index contributed by atoms with van der Waals surface area (Å²) in [5.41, 5.74) is 0. The number of hydrogen-bond acceptors (Lipinski definition) is 5. The Morgan fingerprint density at radius 1 is 1.00 bits per heavy atom. The summed E-state index contributed by atoms with van der Waals surface area (Å²) in [6.07, 6.45) is 3.20. The lowest BCUT2D eigenvalue weighted by molar-refractivity contribution is -0.138.